The van der Waals surface area contributed by atoms with E-state index in [0.29, 0.717) is 27.8 Å². The second kappa shape index (κ2) is 11.7. The smallest absolute Gasteiger partial charge is 0.308 e. The summed E-state index contributed by atoms with van der Waals surface area (Å²) in [6.45, 7) is 0.896. The number of hydrogen-bond acceptors (Lipinski definition) is 5. The zero-order valence-electron chi connectivity index (χ0n) is 17.9. The average Bonchev–Trinajstić information content (AvgIpc) is 2.78. The maximum atomic E-state index is 12.3. The SMILES string of the molecule is CC(=O)NC(CC(=O)OCC(=O)Nc1cccc(Oc2ccccc2)c1)c1ccc(Cl)cc1. The van der Waals surface area contributed by atoms with Crippen LogP contribution in [-0.2, 0) is 19.1 Å². The molecule has 33 heavy (non-hydrogen) atoms. The second-order valence-electron chi connectivity index (χ2n) is 7.16. The molecule has 0 aromatic heterocycles. The molecule has 3 rings (SSSR count). The zero-order chi connectivity index (χ0) is 23.6. The van der Waals surface area contributed by atoms with Crippen molar-refractivity contribution in [3.05, 3.63) is 89.4 Å². The van der Waals surface area contributed by atoms with E-state index in [9.17, 15) is 14.4 Å². The van der Waals surface area contributed by atoms with Crippen LogP contribution in [0.3, 0.4) is 0 Å². The summed E-state index contributed by atoms with van der Waals surface area (Å²) in [6.07, 6.45) is -0.130. The fourth-order valence-electron chi connectivity index (χ4n) is 3.02. The molecule has 8 heteroatoms. The van der Waals surface area contributed by atoms with Crippen LogP contribution < -0.4 is 15.4 Å². The molecule has 170 valence electrons. The molecule has 2 N–H and O–H groups in total. The number of ether oxygens (including phenoxy) is 2. The van der Waals surface area contributed by atoms with Gasteiger partial charge in [-0.3, -0.25) is 14.4 Å². The van der Waals surface area contributed by atoms with E-state index in [0.717, 1.165) is 0 Å². The molecule has 0 saturated carbocycles. The number of carbonyl (C=O) groups excluding carboxylic acids is 3. The van der Waals surface area contributed by atoms with Crippen molar-refractivity contribution in [2.45, 2.75) is 19.4 Å². The Morgan fingerprint density at radius 3 is 2.30 bits per heavy atom. The molecule has 0 heterocycles. The normalized spacial score (nSPS) is 11.2. The minimum absolute atomic E-state index is 0.130. The van der Waals surface area contributed by atoms with E-state index in [-0.39, 0.29) is 12.3 Å². The highest BCUT2D eigenvalue weighted by Crippen LogP contribution is 2.24. The van der Waals surface area contributed by atoms with Crippen molar-refractivity contribution in [3.63, 3.8) is 0 Å². The zero-order valence-corrected chi connectivity index (χ0v) is 18.7. The minimum Gasteiger partial charge on any atom is -0.457 e. The van der Waals surface area contributed by atoms with Gasteiger partial charge in [0.1, 0.15) is 11.5 Å². The number of amides is 2. The highest BCUT2D eigenvalue weighted by molar-refractivity contribution is 6.30. The summed E-state index contributed by atoms with van der Waals surface area (Å²) in [5, 5.41) is 5.91. The van der Waals surface area contributed by atoms with Gasteiger partial charge in [0.15, 0.2) is 6.61 Å². The quantitative estimate of drug-likeness (QED) is 0.438. The Morgan fingerprint density at radius 1 is 0.909 bits per heavy atom. The lowest BCUT2D eigenvalue weighted by Gasteiger charge is -2.17. The Hall–Kier alpha value is -3.84. The lowest BCUT2D eigenvalue weighted by molar-refractivity contribution is -0.148. The Morgan fingerprint density at radius 2 is 1.61 bits per heavy atom. The van der Waals surface area contributed by atoms with Gasteiger partial charge in [0.05, 0.1) is 12.5 Å². The molecule has 0 saturated heterocycles. The fraction of sp³-hybridized carbons (Fsp3) is 0.160. The molecule has 7 nitrogen and oxygen atoms in total. The van der Waals surface area contributed by atoms with Crippen LogP contribution in [0.2, 0.25) is 5.02 Å². The van der Waals surface area contributed by atoms with Crippen LogP contribution in [0.25, 0.3) is 0 Å². The predicted molar refractivity (Wildman–Crippen MR) is 125 cm³/mol. The molecule has 0 spiro atoms. The monoisotopic (exact) mass is 466 g/mol. The topological polar surface area (TPSA) is 93.7 Å². The van der Waals surface area contributed by atoms with Crippen LogP contribution >= 0.6 is 11.6 Å². The van der Waals surface area contributed by atoms with Gasteiger partial charge in [0.25, 0.3) is 5.91 Å². The van der Waals surface area contributed by atoms with Crippen molar-refractivity contribution in [1.82, 2.24) is 5.32 Å². The molecule has 0 aliphatic rings. The predicted octanol–water partition coefficient (Wildman–Crippen LogP) is 4.88. The van der Waals surface area contributed by atoms with Crippen molar-refractivity contribution in [2.24, 2.45) is 0 Å². The average molecular weight is 467 g/mol. The van der Waals surface area contributed by atoms with Gasteiger partial charge in [-0.1, -0.05) is 48.0 Å². The maximum Gasteiger partial charge on any atom is 0.308 e. The summed E-state index contributed by atoms with van der Waals surface area (Å²) >= 11 is 5.90. The summed E-state index contributed by atoms with van der Waals surface area (Å²) in [6, 6.07) is 22.3. The second-order valence-corrected chi connectivity index (χ2v) is 7.60. The maximum absolute atomic E-state index is 12.3. The first-order valence-electron chi connectivity index (χ1n) is 10.2. The van der Waals surface area contributed by atoms with Gasteiger partial charge in [0, 0.05) is 23.7 Å². The molecule has 0 bridgehead atoms. The number of para-hydroxylation sites is 1. The number of nitrogens with one attached hydrogen (secondary N) is 2. The van der Waals surface area contributed by atoms with Gasteiger partial charge in [-0.15, -0.1) is 0 Å². The Kier molecular flexibility index (Phi) is 8.43. The number of halogens is 1. The lowest BCUT2D eigenvalue weighted by Crippen LogP contribution is -2.29. The van der Waals surface area contributed by atoms with Gasteiger partial charge >= 0.3 is 5.97 Å². The molecule has 1 atom stereocenters. The fourth-order valence-corrected chi connectivity index (χ4v) is 3.15. The van der Waals surface area contributed by atoms with Gasteiger partial charge < -0.3 is 20.1 Å². The van der Waals surface area contributed by atoms with E-state index >= 15 is 0 Å². The number of anilines is 1. The summed E-state index contributed by atoms with van der Waals surface area (Å²) in [5.74, 6) is -0.192. The lowest BCUT2D eigenvalue weighted by atomic mass is 10.0. The van der Waals surface area contributed by atoms with E-state index in [1.165, 1.54) is 6.92 Å². The highest BCUT2D eigenvalue weighted by Gasteiger charge is 2.19. The number of carbonyl (C=O) groups is 3. The van der Waals surface area contributed by atoms with E-state index in [4.69, 9.17) is 21.1 Å². The van der Waals surface area contributed by atoms with Gasteiger partial charge in [-0.25, -0.2) is 0 Å². The first-order valence-corrected chi connectivity index (χ1v) is 10.6. The molecule has 0 fully saturated rings. The van der Waals surface area contributed by atoms with E-state index in [2.05, 4.69) is 10.6 Å². The molecule has 0 aliphatic heterocycles. The molecule has 3 aromatic carbocycles. The number of benzene rings is 3. The summed E-state index contributed by atoms with van der Waals surface area (Å²) in [7, 11) is 0. The highest BCUT2D eigenvalue weighted by atomic mass is 35.5. The van der Waals surface area contributed by atoms with E-state index in [1.807, 2.05) is 30.3 Å². The Balaban J connectivity index is 1.52. The van der Waals surface area contributed by atoms with Crippen molar-refractivity contribution < 1.29 is 23.9 Å². The number of hydrogen-bond donors (Lipinski definition) is 2. The van der Waals surface area contributed by atoms with Crippen LogP contribution in [0.5, 0.6) is 11.5 Å². The van der Waals surface area contributed by atoms with Crippen LogP contribution in [-0.4, -0.2) is 24.4 Å². The van der Waals surface area contributed by atoms with Gasteiger partial charge in [-0.2, -0.15) is 0 Å². The van der Waals surface area contributed by atoms with Gasteiger partial charge in [-0.05, 0) is 42.0 Å². The number of esters is 1. The van der Waals surface area contributed by atoms with Crippen molar-refractivity contribution in [1.29, 1.82) is 0 Å². The van der Waals surface area contributed by atoms with Gasteiger partial charge in [0.2, 0.25) is 5.91 Å². The van der Waals surface area contributed by atoms with Crippen LogP contribution in [0.15, 0.2) is 78.9 Å². The van der Waals surface area contributed by atoms with Crippen molar-refractivity contribution in [3.8, 4) is 11.5 Å². The number of rotatable bonds is 9. The molecule has 0 aliphatic carbocycles. The molecule has 2 amide bonds. The molecular formula is C25H23ClN2O5. The Labute approximate surface area is 196 Å². The molecule has 3 aromatic rings. The minimum atomic E-state index is -0.625. The Bertz CT molecular complexity index is 1100. The van der Waals surface area contributed by atoms with Crippen LogP contribution in [0.4, 0.5) is 5.69 Å². The standard InChI is InChI=1S/C25H23ClN2O5/c1-17(29)27-23(18-10-12-19(26)13-11-18)15-25(31)32-16-24(30)28-20-6-5-9-22(14-20)33-21-7-3-2-4-8-21/h2-14,23H,15-16H2,1H3,(H,27,29)(H,28,30). The van der Waals surface area contributed by atoms with E-state index < -0.39 is 24.5 Å². The molecular weight excluding hydrogens is 444 g/mol. The summed E-state index contributed by atoms with van der Waals surface area (Å²) in [5.41, 5.74) is 1.20. The summed E-state index contributed by atoms with van der Waals surface area (Å²) < 4.78 is 10.8. The third kappa shape index (κ3) is 7.97. The van der Waals surface area contributed by atoms with Crippen LogP contribution in [0, 0.1) is 0 Å². The van der Waals surface area contributed by atoms with E-state index in [1.54, 1.807) is 48.5 Å². The molecule has 0 radical (unpaired) electrons. The first-order chi connectivity index (χ1) is 15.9. The third-order valence-corrected chi connectivity index (χ3v) is 4.73. The first kappa shape index (κ1) is 23.8. The molecule has 1 unspecified atom stereocenters. The third-order valence-electron chi connectivity index (χ3n) is 4.48. The van der Waals surface area contributed by atoms with Crippen molar-refractivity contribution in [2.75, 3.05) is 11.9 Å². The largest absolute Gasteiger partial charge is 0.457 e. The van der Waals surface area contributed by atoms with Crippen LogP contribution in [0.1, 0.15) is 24.9 Å². The summed E-state index contributed by atoms with van der Waals surface area (Å²) in [4.78, 5) is 36.1. The van der Waals surface area contributed by atoms with Crippen molar-refractivity contribution >= 4 is 35.1 Å².